The Balaban J connectivity index is 1.99. The molecule has 1 aromatic heterocycles. The van der Waals surface area contributed by atoms with Crippen molar-refractivity contribution in [2.24, 2.45) is 0 Å². The van der Waals surface area contributed by atoms with Crippen molar-refractivity contribution in [1.29, 1.82) is 0 Å². The number of aldehydes is 1. The van der Waals surface area contributed by atoms with Crippen LogP contribution in [0.1, 0.15) is 51.0 Å². The van der Waals surface area contributed by atoms with Crippen molar-refractivity contribution in [3.05, 3.63) is 18.0 Å². The topological polar surface area (TPSA) is 57.7 Å². The molecule has 1 saturated carbocycles. The molecule has 6 heteroatoms. The molecular formula is C15H20BNO4. The van der Waals surface area contributed by atoms with Gasteiger partial charge in [0.05, 0.1) is 22.8 Å². The normalized spacial score (nSPS) is 23.1. The Morgan fingerprint density at radius 1 is 1.29 bits per heavy atom. The highest BCUT2D eigenvalue weighted by molar-refractivity contribution is 6.64. The molecule has 0 spiro atoms. The van der Waals surface area contributed by atoms with E-state index < -0.39 is 18.3 Å². The SMILES string of the molecule is CC1(C)OB(c2c(OC3CC3)ccnc2C=O)OC1(C)C. The van der Waals surface area contributed by atoms with Crippen LogP contribution in [0.5, 0.6) is 5.75 Å². The monoisotopic (exact) mass is 289 g/mol. The molecule has 21 heavy (non-hydrogen) atoms. The van der Waals surface area contributed by atoms with E-state index in [-0.39, 0.29) is 6.10 Å². The van der Waals surface area contributed by atoms with Crippen molar-refractivity contribution in [2.75, 3.05) is 0 Å². The smallest absolute Gasteiger partial charge is 0.491 e. The third kappa shape index (κ3) is 2.58. The van der Waals surface area contributed by atoms with Gasteiger partial charge in [-0.05, 0) is 46.6 Å². The lowest BCUT2D eigenvalue weighted by Crippen LogP contribution is -2.41. The largest absolute Gasteiger partial charge is 0.501 e. The number of carbonyl (C=O) groups excluding carboxylic acids is 1. The minimum atomic E-state index is -0.641. The van der Waals surface area contributed by atoms with Crippen molar-refractivity contribution in [1.82, 2.24) is 4.98 Å². The number of rotatable bonds is 4. The van der Waals surface area contributed by atoms with Gasteiger partial charge in [0.2, 0.25) is 0 Å². The van der Waals surface area contributed by atoms with Gasteiger partial charge in [0.25, 0.3) is 0 Å². The third-order valence-electron chi connectivity index (χ3n) is 4.40. The van der Waals surface area contributed by atoms with E-state index in [1.165, 1.54) is 0 Å². The van der Waals surface area contributed by atoms with Crippen LogP contribution in [0.2, 0.25) is 0 Å². The van der Waals surface area contributed by atoms with Gasteiger partial charge in [-0.1, -0.05) is 0 Å². The van der Waals surface area contributed by atoms with Crippen molar-refractivity contribution in [3.63, 3.8) is 0 Å². The Morgan fingerprint density at radius 2 is 1.90 bits per heavy atom. The molecule has 2 fully saturated rings. The van der Waals surface area contributed by atoms with Crippen molar-refractivity contribution < 1.29 is 18.8 Å². The molecule has 1 saturated heterocycles. The first-order valence-corrected chi connectivity index (χ1v) is 7.30. The second kappa shape index (κ2) is 4.82. The number of pyridine rings is 1. The average molecular weight is 289 g/mol. The number of aromatic nitrogens is 1. The van der Waals surface area contributed by atoms with Gasteiger partial charge in [0.15, 0.2) is 6.29 Å². The molecule has 0 amide bonds. The molecule has 0 atom stereocenters. The molecule has 2 aliphatic rings. The zero-order valence-corrected chi connectivity index (χ0v) is 12.9. The zero-order valence-electron chi connectivity index (χ0n) is 12.9. The predicted octanol–water partition coefficient (Wildman–Crippen LogP) is 1.73. The van der Waals surface area contributed by atoms with Crippen LogP contribution < -0.4 is 10.2 Å². The summed E-state index contributed by atoms with van der Waals surface area (Å²) in [5.74, 6) is 0.633. The van der Waals surface area contributed by atoms with Gasteiger partial charge in [-0.2, -0.15) is 0 Å². The predicted molar refractivity (Wildman–Crippen MR) is 79.0 cm³/mol. The number of hydrogen-bond donors (Lipinski definition) is 0. The Morgan fingerprint density at radius 3 is 2.43 bits per heavy atom. The summed E-state index contributed by atoms with van der Waals surface area (Å²) < 4.78 is 18.0. The van der Waals surface area contributed by atoms with Crippen molar-refractivity contribution >= 4 is 18.9 Å². The first-order chi connectivity index (χ1) is 9.84. The first kappa shape index (κ1) is 14.5. The van der Waals surface area contributed by atoms with Gasteiger partial charge in [-0.15, -0.1) is 0 Å². The molecular weight excluding hydrogens is 269 g/mol. The fraction of sp³-hybridized carbons (Fsp3) is 0.600. The summed E-state index contributed by atoms with van der Waals surface area (Å²) in [7, 11) is -0.641. The molecule has 0 N–H and O–H groups in total. The highest BCUT2D eigenvalue weighted by atomic mass is 16.7. The fourth-order valence-electron chi connectivity index (χ4n) is 2.23. The lowest BCUT2D eigenvalue weighted by molar-refractivity contribution is 0.00578. The van der Waals surface area contributed by atoms with E-state index in [2.05, 4.69) is 4.98 Å². The third-order valence-corrected chi connectivity index (χ3v) is 4.40. The average Bonchev–Trinajstić information content (AvgIpc) is 3.17. The minimum Gasteiger partial charge on any atom is -0.491 e. The van der Waals surface area contributed by atoms with Crippen LogP contribution in [0.15, 0.2) is 12.3 Å². The summed E-state index contributed by atoms with van der Waals surface area (Å²) in [4.78, 5) is 15.4. The molecule has 1 aromatic rings. The van der Waals surface area contributed by atoms with Gasteiger partial charge >= 0.3 is 7.12 Å². The Hall–Kier alpha value is -1.40. The van der Waals surface area contributed by atoms with Crippen molar-refractivity contribution in [2.45, 2.75) is 57.8 Å². The maximum atomic E-state index is 11.3. The second-order valence-corrected chi connectivity index (χ2v) is 6.63. The summed E-state index contributed by atoms with van der Waals surface area (Å²) in [5.41, 5.74) is -0.0284. The summed E-state index contributed by atoms with van der Waals surface area (Å²) >= 11 is 0. The molecule has 2 heterocycles. The Bertz CT molecular complexity index is 553. The van der Waals surface area contributed by atoms with E-state index in [1.54, 1.807) is 12.3 Å². The van der Waals surface area contributed by atoms with E-state index >= 15 is 0 Å². The van der Waals surface area contributed by atoms with E-state index in [9.17, 15) is 4.79 Å². The van der Waals surface area contributed by atoms with Gasteiger partial charge in [-0.25, -0.2) is 0 Å². The molecule has 1 aliphatic heterocycles. The molecule has 0 bridgehead atoms. The lowest BCUT2D eigenvalue weighted by atomic mass is 9.77. The molecule has 112 valence electrons. The number of nitrogens with zero attached hydrogens (tertiary/aromatic N) is 1. The maximum absolute atomic E-state index is 11.3. The number of hydrogen-bond acceptors (Lipinski definition) is 5. The van der Waals surface area contributed by atoms with Crippen LogP contribution in [0.3, 0.4) is 0 Å². The molecule has 0 radical (unpaired) electrons. The standard InChI is InChI=1S/C15H20BNO4/c1-14(2)15(3,4)21-16(20-14)13-11(9-18)17-8-7-12(13)19-10-5-6-10/h7-10H,5-6H2,1-4H3. The van der Waals surface area contributed by atoms with Gasteiger partial charge in [0.1, 0.15) is 11.4 Å². The summed E-state index contributed by atoms with van der Waals surface area (Å²) in [5, 5.41) is 0. The van der Waals surface area contributed by atoms with Gasteiger partial charge in [-0.3, -0.25) is 9.78 Å². The van der Waals surface area contributed by atoms with Crippen LogP contribution in [-0.4, -0.2) is 35.7 Å². The van der Waals surface area contributed by atoms with Crippen LogP contribution in [0, 0.1) is 0 Å². The molecule has 0 unspecified atom stereocenters. The summed E-state index contributed by atoms with van der Waals surface area (Å²) in [6.45, 7) is 7.91. The summed E-state index contributed by atoms with van der Waals surface area (Å²) in [6, 6.07) is 1.77. The van der Waals surface area contributed by atoms with Crippen LogP contribution >= 0.6 is 0 Å². The van der Waals surface area contributed by atoms with E-state index in [4.69, 9.17) is 14.0 Å². The van der Waals surface area contributed by atoms with Gasteiger partial charge < -0.3 is 14.0 Å². The quantitative estimate of drug-likeness (QED) is 0.624. The first-order valence-electron chi connectivity index (χ1n) is 7.30. The summed E-state index contributed by atoms with van der Waals surface area (Å²) in [6.07, 6.45) is 4.62. The van der Waals surface area contributed by atoms with Gasteiger partial charge in [0, 0.05) is 6.20 Å². The lowest BCUT2D eigenvalue weighted by Gasteiger charge is -2.32. The van der Waals surface area contributed by atoms with Crippen LogP contribution in [-0.2, 0) is 9.31 Å². The fourth-order valence-corrected chi connectivity index (χ4v) is 2.23. The number of ether oxygens (including phenoxy) is 1. The maximum Gasteiger partial charge on any atom is 0.501 e. The number of carbonyl (C=O) groups is 1. The molecule has 3 rings (SSSR count). The van der Waals surface area contributed by atoms with Crippen LogP contribution in [0.4, 0.5) is 0 Å². The highest BCUT2D eigenvalue weighted by Crippen LogP contribution is 2.37. The zero-order chi connectivity index (χ0) is 15.3. The Kier molecular flexibility index (Phi) is 3.33. The molecule has 5 nitrogen and oxygen atoms in total. The van der Waals surface area contributed by atoms with E-state index in [1.807, 2.05) is 27.7 Å². The highest BCUT2D eigenvalue weighted by Gasteiger charge is 2.53. The minimum absolute atomic E-state index is 0.230. The van der Waals surface area contributed by atoms with Crippen molar-refractivity contribution in [3.8, 4) is 5.75 Å². The molecule has 0 aromatic carbocycles. The second-order valence-electron chi connectivity index (χ2n) is 6.63. The van der Waals surface area contributed by atoms with E-state index in [0.29, 0.717) is 16.9 Å². The van der Waals surface area contributed by atoms with Crippen LogP contribution in [0.25, 0.3) is 0 Å². The molecule has 1 aliphatic carbocycles. The Labute approximate surface area is 125 Å². The van der Waals surface area contributed by atoms with E-state index in [0.717, 1.165) is 19.1 Å².